The summed E-state index contributed by atoms with van der Waals surface area (Å²) in [6.45, 7) is 13.2. The largest absolute Gasteiger partial charge is 0.302 e. The smallest absolute Gasteiger partial charge is 0.0985 e. The summed E-state index contributed by atoms with van der Waals surface area (Å²) in [4.78, 5) is 7.50. The Morgan fingerprint density at radius 2 is 1.90 bits per heavy atom. The van der Waals surface area contributed by atoms with Crippen LogP contribution in [0.4, 0.5) is 0 Å². The molecular weight excluding hydrogens is 284 g/mol. The van der Waals surface area contributed by atoms with Crippen molar-refractivity contribution in [3.05, 3.63) is 38.0 Å². The molecular formula is C16H24N2S2. The van der Waals surface area contributed by atoms with Crippen molar-refractivity contribution in [2.45, 2.75) is 59.0 Å². The van der Waals surface area contributed by atoms with Gasteiger partial charge in [0.25, 0.3) is 0 Å². The highest BCUT2D eigenvalue weighted by Crippen LogP contribution is 2.33. The fraction of sp³-hybridized carbons (Fsp3) is 0.562. The van der Waals surface area contributed by atoms with E-state index in [1.165, 1.54) is 20.5 Å². The zero-order valence-corrected chi connectivity index (χ0v) is 14.8. The van der Waals surface area contributed by atoms with Crippen LogP contribution >= 0.6 is 22.7 Å². The number of hydrogen-bond donors (Lipinski definition) is 1. The normalized spacial score (nSPS) is 15.3. The van der Waals surface area contributed by atoms with Gasteiger partial charge in [-0.2, -0.15) is 0 Å². The summed E-state index contributed by atoms with van der Waals surface area (Å²) in [6.07, 6.45) is 0. The maximum Gasteiger partial charge on any atom is 0.0985 e. The fourth-order valence-electron chi connectivity index (χ4n) is 2.20. The highest BCUT2D eigenvalue weighted by molar-refractivity contribution is 7.12. The molecule has 0 aliphatic carbocycles. The number of thiazole rings is 1. The van der Waals surface area contributed by atoms with E-state index in [-0.39, 0.29) is 5.41 Å². The van der Waals surface area contributed by atoms with Gasteiger partial charge in [0.2, 0.25) is 0 Å². The molecule has 0 radical (unpaired) electrons. The van der Waals surface area contributed by atoms with E-state index in [2.05, 4.69) is 64.4 Å². The van der Waals surface area contributed by atoms with E-state index in [1.54, 1.807) is 0 Å². The van der Waals surface area contributed by atoms with Gasteiger partial charge in [-0.25, -0.2) is 4.98 Å². The van der Waals surface area contributed by atoms with Crippen LogP contribution in [0, 0.1) is 6.92 Å². The van der Waals surface area contributed by atoms with Crippen LogP contribution in [-0.2, 0) is 5.41 Å². The standard InChI is InChI=1S/C16H24N2S2/c1-10(13-8-7-9-19-13)17-11(2)14-12(3)18-15(20-14)16(4,5)6/h7-11,17H,1-6H3/t10-,11?/m1/s1. The van der Waals surface area contributed by atoms with Gasteiger partial charge in [-0.1, -0.05) is 26.8 Å². The van der Waals surface area contributed by atoms with Crippen LogP contribution in [0.25, 0.3) is 0 Å². The van der Waals surface area contributed by atoms with E-state index in [1.807, 2.05) is 22.7 Å². The lowest BCUT2D eigenvalue weighted by molar-refractivity contribution is 0.503. The van der Waals surface area contributed by atoms with Crippen molar-refractivity contribution in [2.75, 3.05) is 0 Å². The third-order valence-corrected chi connectivity index (χ3v) is 6.16. The molecule has 0 fully saturated rings. The minimum Gasteiger partial charge on any atom is -0.302 e. The highest BCUT2D eigenvalue weighted by Gasteiger charge is 2.23. The van der Waals surface area contributed by atoms with E-state index in [0.29, 0.717) is 12.1 Å². The van der Waals surface area contributed by atoms with Gasteiger partial charge in [0, 0.05) is 27.3 Å². The first kappa shape index (κ1) is 15.7. The first-order valence-corrected chi connectivity index (χ1v) is 8.76. The van der Waals surface area contributed by atoms with Crippen molar-refractivity contribution in [3.8, 4) is 0 Å². The summed E-state index contributed by atoms with van der Waals surface area (Å²) >= 11 is 3.65. The van der Waals surface area contributed by atoms with Gasteiger partial charge in [-0.05, 0) is 32.2 Å². The Balaban J connectivity index is 2.13. The molecule has 0 bridgehead atoms. The van der Waals surface area contributed by atoms with Gasteiger partial charge in [0.15, 0.2) is 0 Å². The van der Waals surface area contributed by atoms with E-state index in [9.17, 15) is 0 Å². The molecule has 4 heteroatoms. The van der Waals surface area contributed by atoms with Crippen molar-refractivity contribution < 1.29 is 0 Å². The molecule has 1 N–H and O–H groups in total. The number of aryl methyl sites for hydroxylation is 1. The van der Waals surface area contributed by atoms with Crippen LogP contribution in [0.5, 0.6) is 0 Å². The highest BCUT2D eigenvalue weighted by atomic mass is 32.1. The third-order valence-electron chi connectivity index (χ3n) is 3.34. The van der Waals surface area contributed by atoms with Crippen LogP contribution in [0.2, 0.25) is 0 Å². The van der Waals surface area contributed by atoms with Crippen molar-refractivity contribution in [1.29, 1.82) is 0 Å². The average molecular weight is 309 g/mol. The first-order chi connectivity index (χ1) is 9.29. The van der Waals surface area contributed by atoms with E-state index >= 15 is 0 Å². The molecule has 2 aromatic rings. The topological polar surface area (TPSA) is 24.9 Å². The Morgan fingerprint density at radius 1 is 1.20 bits per heavy atom. The second-order valence-electron chi connectivity index (χ2n) is 6.34. The van der Waals surface area contributed by atoms with Gasteiger partial charge < -0.3 is 5.32 Å². The van der Waals surface area contributed by atoms with E-state index < -0.39 is 0 Å². The molecule has 0 saturated carbocycles. The Bertz CT molecular complexity index is 550. The molecule has 20 heavy (non-hydrogen) atoms. The monoisotopic (exact) mass is 308 g/mol. The van der Waals surface area contributed by atoms with Crippen LogP contribution in [0.1, 0.15) is 67.2 Å². The van der Waals surface area contributed by atoms with Gasteiger partial charge in [-0.3, -0.25) is 0 Å². The van der Waals surface area contributed by atoms with Crippen molar-refractivity contribution in [2.24, 2.45) is 0 Å². The van der Waals surface area contributed by atoms with Crippen LogP contribution in [0.15, 0.2) is 17.5 Å². The molecule has 2 rings (SSSR count). The Hall–Kier alpha value is -0.710. The Labute approximate surface area is 130 Å². The molecule has 0 spiro atoms. The summed E-state index contributed by atoms with van der Waals surface area (Å²) in [6, 6.07) is 5.01. The third kappa shape index (κ3) is 3.48. The molecule has 2 heterocycles. The second kappa shape index (κ2) is 5.96. The number of hydrogen-bond acceptors (Lipinski definition) is 4. The Morgan fingerprint density at radius 3 is 2.40 bits per heavy atom. The average Bonchev–Trinajstić information content (AvgIpc) is 2.95. The lowest BCUT2D eigenvalue weighted by atomic mass is 9.98. The lowest BCUT2D eigenvalue weighted by Gasteiger charge is -2.18. The van der Waals surface area contributed by atoms with Gasteiger partial charge in [0.1, 0.15) is 0 Å². The van der Waals surface area contributed by atoms with Gasteiger partial charge in [0.05, 0.1) is 10.7 Å². The summed E-state index contributed by atoms with van der Waals surface area (Å²) in [5.74, 6) is 0. The first-order valence-electron chi connectivity index (χ1n) is 7.06. The molecule has 0 saturated heterocycles. The second-order valence-corrected chi connectivity index (χ2v) is 8.35. The van der Waals surface area contributed by atoms with Crippen LogP contribution in [-0.4, -0.2) is 4.98 Å². The maximum atomic E-state index is 4.75. The minimum atomic E-state index is 0.132. The zero-order valence-electron chi connectivity index (χ0n) is 13.2. The summed E-state index contributed by atoms with van der Waals surface area (Å²) in [5.41, 5.74) is 1.30. The molecule has 2 aromatic heterocycles. The number of rotatable bonds is 4. The molecule has 110 valence electrons. The predicted molar refractivity (Wildman–Crippen MR) is 89.8 cm³/mol. The van der Waals surface area contributed by atoms with Crippen molar-refractivity contribution >= 4 is 22.7 Å². The molecule has 0 aliphatic rings. The van der Waals surface area contributed by atoms with Crippen molar-refractivity contribution in [1.82, 2.24) is 10.3 Å². The van der Waals surface area contributed by atoms with Crippen molar-refractivity contribution in [3.63, 3.8) is 0 Å². The number of nitrogens with one attached hydrogen (secondary N) is 1. The van der Waals surface area contributed by atoms with Crippen LogP contribution < -0.4 is 5.32 Å². The predicted octanol–water partition coefficient (Wildman–Crippen LogP) is 5.22. The number of nitrogens with zero attached hydrogens (tertiary/aromatic N) is 1. The lowest BCUT2D eigenvalue weighted by Crippen LogP contribution is -2.21. The molecule has 2 nitrogen and oxygen atoms in total. The SMILES string of the molecule is Cc1nc(C(C)(C)C)sc1C(C)N[C@H](C)c1cccs1. The molecule has 2 atom stereocenters. The van der Waals surface area contributed by atoms with Gasteiger partial charge >= 0.3 is 0 Å². The maximum absolute atomic E-state index is 4.75. The molecule has 0 amide bonds. The van der Waals surface area contributed by atoms with E-state index in [4.69, 9.17) is 4.98 Å². The number of aromatic nitrogens is 1. The van der Waals surface area contributed by atoms with Gasteiger partial charge in [-0.15, -0.1) is 22.7 Å². The molecule has 0 aromatic carbocycles. The summed E-state index contributed by atoms with van der Waals surface area (Å²) < 4.78 is 0. The molecule has 0 aliphatic heterocycles. The van der Waals surface area contributed by atoms with E-state index in [0.717, 1.165) is 0 Å². The number of thiophene rings is 1. The summed E-state index contributed by atoms with van der Waals surface area (Å²) in [7, 11) is 0. The molecule has 1 unspecified atom stereocenters. The zero-order chi connectivity index (χ0) is 14.9. The Kier molecular flexibility index (Phi) is 4.67. The fourth-order valence-corrected chi connectivity index (χ4v) is 4.08. The minimum absolute atomic E-state index is 0.132. The quantitative estimate of drug-likeness (QED) is 0.837. The van der Waals surface area contributed by atoms with Crippen LogP contribution in [0.3, 0.4) is 0 Å². The summed E-state index contributed by atoms with van der Waals surface area (Å²) in [5, 5.41) is 7.04.